The Balaban J connectivity index is 2.23. The van der Waals surface area contributed by atoms with E-state index in [-0.39, 0.29) is 12.6 Å². The van der Waals surface area contributed by atoms with Gasteiger partial charge in [0.15, 0.2) is 0 Å². The Morgan fingerprint density at radius 3 is 2.75 bits per heavy atom. The standard InChI is InChI=1S/C15H20ClNO3/c1-15(2,3)20-14(19)17-8-11-6-12(16)5-4-10(11)7-13(17)9-18/h4-6,13,18H,7-9H2,1-3H3/t13-/m0/s1. The lowest BCUT2D eigenvalue weighted by Gasteiger charge is -2.37. The average molecular weight is 298 g/mol. The lowest BCUT2D eigenvalue weighted by Crippen LogP contribution is -2.48. The third kappa shape index (κ3) is 3.44. The second kappa shape index (κ2) is 5.62. The predicted octanol–water partition coefficient (Wildman–Crippen LogP) is 2.99. The van der Waals surface area contributed by atoms with Crippen LogP contribution in [0.25, 0.3) is 0 Å². The molecular weight excluding hydrogens is 278 g/mol. The average Bonchev–Trinajstić information content (AvgIpc) is 2.35. The highest BCUT2D eigenvalue weighted by atomic mass is 35.5. The molecule has 0 saturated heterocycles. The van der Waals surface area contributed by atoms with Gasteiger partial charge in [-0.2, -0.15) is 0 Å². The van der Waals surface area contributed by atoms with Crippen molar-refractivity contribution in [3.63, 3.8) is 0 Å². The highest BCUT2D eigenvalue weighted by molar-refractivity contribution is 6.30. The topological polar surface area (TPSA) is 49.8 Å². The van der Waals surface area contributed by atoms with Crippen LogP contribution in [0.1, 0.15) is 31.9 Å². The molecule has 0 unspecified atom stereocenters. The van der Waals surface area contributed by atoms with Crippen molar-refractivity contribution in [1.29, 1.82) is 0 Å². The summed E-state index contributed by atoms with van der Waals surface area (Å²) < 4.78 is 5.40. The number of nitrogens with zero attached hydrogens (tertiary/aromatic N) is 1. The second-order valence-electron chi connectivity index (χ2n) is 6.06. The lowest BCUT2D eigenvalue weighted by molar-refractivity contribution is 0.00462. The first-order valence-corrected chi connectivity index (χ1v) is 7.06. The zero-order chi connectivity index (χ0) is 14.9. The van der Waals surface area contributed by atoms with E-state index in [2.05, 4.69) is 0 Å². The van der Waals surface area contributed by atoms with E-state index in [0.717, 1.165) is 11.1 Å². The van der Waals surface area contributed by atoms with Crippen LogP contribution < -0.4 is 0 Å². The van der Waals surface area contributed by atoms with Gasteiger partial charge in [0.1, 0.15) is 5.60 Å². The molecule has 1 atom stereocenters. The normalized spacial score (nSPS) is 18.6. The van der Waals surface area contributed by atoms with E-state index in [9.17, 15) is 9.90 Å². The van der Waals surface area contributed by atoms with Crippen molar-refractivity contribution in [2.75, 3.05) is 6.61 Å². The summed E-state index contributed by atoms with van der Waals surface area (Å²) in [5.41, 5.74) is 1.58. The summed E-state index contributed by atoms with van der Waals surface area (Å²) >= 11 is 6.00. The van der Waals surface area contributed by atoms with Gasteiger partial charge in [0.2, 0.25) is 0 Å². The number of fused-ring (bicyclic) bond motifs is 1. The SMILES string of the molecule is CC(C)(C)OC(=O)N1Cc2cc(Cl)ccc2C[C@H]1CO. The summed E-state index contributed by atoms with van der Waals surface area (Å²) in [5.74, 6) is 0. The fourth-order valence-electron chi connectivity index (χ4n) is 2.31. The van der Waals surface area contributed by atoms with Crippen LogP contribution in [0.3, 0.4) is 0 Å². The third-order valence-electron chi connectivity index (χ3n) is 3.24. The van der Waals surface area contributed by atoms with Crippen molar-refractivity contribution in [3.8, 4) is 0 Å². The highest BCUT2D eigenvalue weighted by Crippen LogP contribution is 2.27. The molecule has 1 aliphatic rings. The molecule has 0 fully saturated rings. The largest absolute Gasteiger partial charge is 0.444 e. The molecule has 1 heterocycles. The molecule has 0 aliphatic carbocycles. The van der Waals surface area contributed by atoms with Gasteiger partial charge in [-0.15, -0.1) is 0 Å². The summed E-state index contributed by atoms with van der Waals surface area (Å²) in [4.78, 5) is 13.8. The summed E-state index contributed by atoms with van der Waals surface area (Å²) in [5, 5.41) is 10.2. The molecule has 0 radical (unpaired) electrons. The smallest absolute Gasteiger partial charge is 0.410 e. The summed E-state index contributed by atoms with van der Waals surface area (Å²) in [6.45, 7) is 5.81. The van der Waals surface area contributed by atoms with E-state index in [1.807, 2.05) is 39.0 Å². The van der Waals surface area contributed by atoms with Crippen LogP contribution in [0.5, 0.6) is 0 Å². The number of aliphatic hydroxyl groups is 1. The molecule has 1 amide bonds. The van der Waals surface area contributed by atoms with Gasteiger partial charge in [0, 0.05) is 11.6 Å². The van der Waals surface area contributed by atoms with Crippen LogP contribution in [-0.4, -0.2) is 34.3 Å². The fourth-order valence-corrected chi connectivity index (χ4v) is 2.51. The molecule has 20 heavy (non-hydrogen) atoms. The minimum atomic E-state index is -0.550. The van der Waals surface area contributed by atoms with Gasteiger partial charge in [0.05, 0.1) is 12.6 Å². The Morgan fingerprint density at radius 1 is 1.45 bits per heavy atom. The number of aliphatic hydroxyl groups excluding tert-OH is 1. The summed E-state index contributed by atoms with van der Waals surface area (Å²) in [6.07, 6.45) is 0.213. The fraction of sp³-hybridized carbons (Fsp3) is 0.533. The number of carbonyl (C=O) groups is 1. The molecule has 1 aromatic rings. The number of halogens is 1. The van der Waals surface area contributed by atoms with E-state index < -0.39 is 11.7 Å². The van der Waals surface area contributed by atoms with E-state index in [1.54, 1.807) is 4.90 Å². The lowest BCUT2D eigenvalue weighted by atomic mass is 9.94. The molecule has 5 heteroatoms. The predicted molar refractivity (Wildman–Crippen MR) is 77.8 cm³/mol. The van der Waals surface area contributed by atoms with Crippen LogP contribution >= 0.6 is 11.6 Å². The van der Waals surface area contributed by atoms with Crippen molar-refractivity contribution in [3.05, 3.63) is 34.3 Å². The number of amides is 1. The maximum Gasteiger partial charge on any atom is 0.410 e. The summed E-state index contributed by atoms with van der Waals surface area (Å²) in [6, 6.07) is 5.39. The van der Waals surface area contributed by atoms with Crippen LogP contribution in [0.15, 0.2) is 18.2 Å². The van der Waals surface area contributed by atoms with Gasteiger partial charge in [-0.1, -0.05) is 17.7 Å². The molecule has 0 bridgehead atoms. The van der Waals surface area contributed by atoms with Gasteiger partial charge in [-0.25, -0.2) is 4.79 Å². The van der Waals surface area contributed by atoms with Crippen LogP contribution in [-0.2, 0) is 17.7 Å². The minimum Gasteiger partial charge on any atom is -0.444 e. The van der Waals surface area contributed by atoms with Crippen LogP contribution in [0.4, 0.5) is 4.79 Å². The molecule has 0 spiro atoms. The van der Waals surface area contributed by atoms with Gasteiger partial charge in [-0.05, 0) is 50.5 Å². The van der Waals surface area contributed by atoms with E-state index in [4.69, 9.17) is 16.3 Å². The van der Waals surface area contributed by atoms with Gasteiger partial charge < -0.3 is 9.84 Å². The zero-order valence-corrected chi connectivity index (χ0v) is 12.8. The van der Waals surface area contributed by atoms with Crippen LogP contribution in [0, 0.1) is 0 Å². The second-order valence-corrected chi connectivity index (χ2v) is 6.50. The van der Waals surface area contributed by atoms with Gasteiger partial charge >= 0.3 is 6.09 Å². The number of carbonyl (C=O) groups excluding carboxylic acids is 1. The molecular formula is C15H20ClNO3. The number of hydrogen-bond acceptors (Lipinski definition) is 3. The molecule has 0 aromatic heterocycles. The highest BCUT2D eigenvalue weighted by Gasteiger charge is 2.32. The van der Waals surface area contributed by atoms with Gasteiger partial charge in [-0.3, -0.25) is 4.90 Å². The first kappa shape index (κ1) is 15.1. The molecule has 1 N–H and O–H groups in total. The van der Waals surface area contributed by atoms with E-state index in [1.165, 1.54) is 0 Å². The van der Waals surface area contributed by atoms with Crippen LogP contribution in [0.2, 0.25) is 5.02 Å². The quantitative estimate of drug-likeness (QED) is 0.867. The maximum atomic E-state index is 12.2. The Morgan fingerprint density at radius 2 is 2.15 bits per heavy atom. The first-order valence-electron chi connectivity index (χ1n) is 6.68. The van der Waals surface area contributed by atoms with E-state index >= 15 is 0 Å². The Labute approximate surface area is 124 Å². The maximum absolute atomic E-state index is 12.2. The number of ether oxygens (including phenoxy) is 1. The molecule has 110 valence electrons. The first-order chi connectivity index (χ1) is 9.30. The molecule has 1 aliphatic heterocycles. The Bertz CT molecular complexity index is 510. The van der Waals surface area contributed by atoms with Crippen molar-refractivity contribution in [2.24, 2.45) is 0 Å². The Hall–Kier alpha value is -1.26. The van der Waals surface area contributed by atoms with Crippen molar-refractivity contribution >= 4 is 17.7 Å². The zero-order valence-electron chi connectivity index (χ0n) is 12.0. The minimum absolute atomic E-state index is 0.0820. The Kier molecular flexibility index (Phi) is 4.25. The number of hydrogen-bond donors (Lipinski definition) is 1. The molecule has 4 nitrogen and oxygen atoms in total. The summed E-state index contributed by atoms with van der Waals surface area (Å²) in [7, 11) is 0. The number of benzene rings is 1. The molecule has 2 rings (SSSR count). The number of rotatable bonds is 1. The molecule has 0 saturated carbocycles. The van der Waals surface area contributed by atoms with Crippen molar-refractivity contribution < 1.29 is 14.6 Å². The van der Waals surface area contributed by atoms with Gasteiger partial charge in [0.25, 0.3) is 0 Å². The third-order valence-corrected chi connectivity index (χ3v) is 3.48. The van der Waals surface area contributed by atoms with E-state index in [0.29, 0.717) is 18.0 Å². The van der Waals surface area contributed by atoms with Crippen molar-refractivity contribution in [1.82, 2.24) is 4.90 Å². The monoisotopic (exact) mass is 297 g/mol. The molecule has 1 aromatic carbocycles. The van der Waals surface area contributed by atoms with Crippen molar-refractivity contribution in [2.45, 2.75) is 45.4 Å².